The van der Waals surface area contributed by atoms with Crippen LogP contribution in [0.1, 0.15) is 61.5 Å². The van der Waals surface area contributed by atoms with E-state index in [1.54, 1.807) is 13.2 Å². The van der Waals surface area contributed by atoms with E-state index in [1.165, 1.54) is 6.07 Å². The highest BCUT2D eigenvalue weighted by Crippen LogP contribution is 2.46. The van der Waals surface area contributed by atoms with Gasteiger partial charge in [0.15, 0.2) is 6.16 Å². The van der Waals surface area contributed by atoms with Crippen LogP contribution in [0.15, 0.2) is 42.5 Å². The van der Waals surface area contributed by atoms with Gasteiger partial charge in [0.1, 0.15) is 17.3 Å². The minimum Gasteiger partial charge on any atom is -0.497 e. The number of hydrogen-bond acceptors (Lipinski definition) is 3. The highest BCUT2D eigenvalue weighted by atomic mass is 31.1. The standard InChI is InChI=1S/C25H30FO4P/c1-29-21-11-12-25(26)23(14-21)18-7-5-17(6-8-18)15-30-22-4-2-3-20(13-22)24(16-31(27)28)19-9-10-19/h2-4,11-14,17-19,24H,5-10,15-16H2,1H3/p+1. The number of methoxy groups -OCH3 is 1. The van der Waals surface area contributed by atoms with Crippen molar-refractivity contribution in [2.24, 2.45) is 11.8 Å². The Balaban J connectivity index is 1.31. The third kappa shape index (κ3) is 5.84. The summed E-state index contributed by atoms with van der Waals surface area (Å²) in [6.45, 7) is 0.652. The molecule has 1 N–H and O–H groups in total. The van der Waals surface area contributed by atoms with Crippen LogP contribution in [0, 0.1) is 17.7 Å². The van der Waals surface area contributed by atoms with E-state index in [-0.39, 0.29) is 17.7 Å². The lowest BCUT2D eigenvalue weighted by Gasteiger charge is -2.29. The van der Waals surface area contributed by atoms with Gasteiger partial charge in [-0.3, -0.25) is 0 Å². The van der Waals surface area contributed by atoms with E-state index in [9.17, 15) is 13.8 Å². The molecule has 0 amide bonds. The predicted molar refractivity (Wildman–Crippen MR) is 120 cm³/mol. The Bertz CT molecular complexity index is 906. The Morgan fingerprint density at radius 2 is 1.84 bits per heavy atom. The normalized spacial score (nSPS) is 22.6. The molecule has 2 saturated carbocycles. The van der Waals surface area contributed by atoms with Gasteiger partial charge in [-0.2, -0.15) is 4.89 Å². The van der Waals surface area contributed by atoms with Gasteiger partial charge in [0.2, 0.25) is 0 Å². The fraction of sp³-hybridized carbons (Fsp3) is 0.520. The average molecular weight is 445 g/mol. The first-order valence-electron chi connectivity index (χ1n) is 11.2. The molecular formula is C25H31FO4P+. The van der Waals surface area contributed by atoms with Crippen LogP contribution in [0.3, 0.4) is 0 Å². The van der Waals surface area contributed by atoms with Gasteiger partial charge in [-0.15, -0.1) is 0 Å². The number of benzene rings is 2. The van der Waals surface area contributed by atoms with Crippen molar-refractivity contribution in [3.63, 3.8) is 0 Å². The topological polar surface area (TPSA) is 55.8 Å². The van der Waals surface area contributed by atoms with Crippen molar-refractivity contribution in [3.8, 4) is 11.5 Å². The molecule has 2 aliphatic rings. The van der Waals surface area contributed by atoms with Crippen molar-refractivity contribution >= 4 is 8.03 Å². The molecule has 166 valence electrons. The van der Waals surface area contributed by atoms with Gasteiger partial charge in [0.25, 0.3) is 0 Å². The molecule has 31 heavy (non-hydrogen) atoms. The Labute approximate surface area is 184 Å². The van der Waals surface area contributed by atoms with Crippen molar-refractivity contribution in [1.82, 2.24) is 0 Å². The second-order valence-electron chi connectivity index (χ2n) is 8.97. The molecule has 2 aromatic rings. The Morgan fingerprint density at radius 3 is 2.52 bits per heavy atom. The second kappa shape index (κ2) is 10.1. The molecule has 0 aliphatic heterocycles. The highest BCUT2D eigenvalue weighted by Gasteiger charge is 2.37. The van der Waals surface area contributed by atoms with E-state index < -0.39 is 8.03 Å². The Hall–Kier alpha value is -1.97. The Morgan fingerprint density at radius 1 is 1.06 bits per heavy atom. The van der Waals surface area contributed by atoms with Crippen molar-refractivity contribution in [2.45, 2.75) is 50.4 Å². The average Bonchev–Trinajstić information content (AvgIpc) is 3.62. The van der Waals surface area contributed by atoms with Crippen LogP contribution in [0.2, 0.25) is 0 Å². The fourth-order valence-corrected chi connectivity index (χ4v) is 5.69. The first-order valence-corrected chi connectivity index (χ1v) is 12.6. The molecular weight excluding hydrogens is 414 g/mol. The largest absolute Gasteiger partial charge is 0.506 e. The zero-order valence-corrected chi connectivity index (χ0v) is 18.9. The van der Waals surface area contributed by atoms with E-state index in [0.717, 1.165) is 55.4 Å². The lowest BCUT2D eigenvalue weighted by molar-refractivity contribution is 0.199. The zero-order valence-electron chi connectivity index (χ0n) is 18.0. The molecule has 0 spiro atoms. The van der Waals surface area contributed by atoms with Crippen LogP contribution in [-0.4, -0.2) is 24.8 Å². The summed E-state index contributed by atoms with van der Waals surface area (Å²) in [5, 5.41) is 0. The third-order valence-electron chi connectivity index (χ3n) is 6.81. The van der Waals surface area contributed by atoms with Crippen LogP contribution in [0.4, 0.5) is 4.39 Å². The van der Waals surface area contributed by atoms with E-state index >= 15 is 0 Å². The van der Waals surface area contributed by atoms with Crippen LogP contribution in [0.5, 0.6) is 11.5 Å². The second-order valence-corrected chi connectivity index (χ2v) is 10.0. The van der Waals surface area contributed by atoms with Crippen molar-refractivity contribution < 1.29 is 23.3 Å². The quantitative estimate of drug-likeness (QED) is 0.453. The summed E-state index contributed by atoms with van der Waals surface area (Å²) in [6.07, 6.45) is 6.52. The van der Waals surface area contributed by atoms with Gasteiger partial charge in [-0.25, -0.2) is 4.39 Å². The van der Waals surface area contributed by atoms with E-state index in [0.29, 0.717) is 30.4 Å². The maximum Gasteiger partial charge on any atom is 0.506 e. The molecule has 2 atom stereocenters. The minimum atomic E-state index is -2.14. The van der Waals surface area contributed by atoms with Crippen LogP contribution in [-0.2, 0) is 4.57 Å². The summed E-state index contributed by atoms with van der Waals surface area (Å²) in [5.41, 5.74) is 1.87. The first-order chi connectivity index (χ1) is 15.0. The first kappa shape index (κ1) is 22.2. The third-order valence-corrected chi connectivity index (χ3v) is 7.51. The maximum atomic E-state index is 14.3. The molecule has 0 saturated heterocycles. The fourth-order valence-electron chi connectivity index (χ4n) is 4.84. The molecule has 0 bridgehead atoms. The molecule has 0 aromatic heterocycles. The van der Waals surface area contributed by atoms with E-state index in [4.69, 9.17) is 9.47 Å². The lowest BCUT2D eigenvalue weighted by atomic mass is 9.79. The van der Waals surface area contributed by atoms with Crippen LogP contribution < -0.4 is 9.47 Å². The van der Waals surface area contributed by atoms with Gasteiger partial charge in [-0.05, 0) is 102 Å². The smallest absolute Gasteiger partial charge is 0.497 e. The van der Waals surface area contributed by atoms with Crippen molar-refractivity contribution in [2.75, 3.05) is 19.9 Å². The summed E-state index contributed by atoms with van der Waals surface area (Å²) in [7, 11) is -0.530. The van der Waals surface area contributed by atoms with Crippen LogP contribution in [0.25, 0.3) is 0 Å². The maximum absolute atomic E-state index is 14.3. The number of rotatable bonds is 9. The monoisotopic (exact) mass is 445 g/mol. The molecule has 4 rings (SSSR count). The molecule has 2 fully saturated rings. The lowest BCUT2D eigenvalue weighted by Crippen LogP contribution is -2.20. The van der Waals surface area contributed by atoms with Crippen molar-refractivity contribution in [1.29, 1.82) is 0 Å². The molecule has 2 aromatic carbocycles. The summed E-state index contributed by atoms with van der Waals surface area (Å²) in [6, 6.07) is 13.0. The van der Waals surface area contributed by atoms with Gasteiger partial charge in [-0.1, -0.05) is 12.1 Å². The molecule has 0 radical (unpaired) electrons. The summed E-state index contributed by atoms with van der Waals surface area (Å²) in [5.74, 6) is 2.74. The van der Waals surface area contributed by atoms with E-state index in [2.05, 4.69) is 0 Å². The highest BCUT2D eigenvalue weighted by molar-refractivity contribution is 7.38. The van der Waals surface area contributed by atoms with Gasteiger partial charge in [0.05, 0.1) is 13.7 Å². The summed E-state index contributed by atoms with van der Waals surface area (Å²) in [4.78, 5) is 9.40. The summed E-state index contributed by atoms with van der Waals surface area (Å²) >= 11 is 0. The predicted octanol–water partition coefficient (Wildman–Crippen LogP) is 6.42. The van der Waals surface area contributed by atoms with E-state index in [1.807, 2.05) is 30.3 Å². The van der Waals surface area contributed by atoms with Crippen LogP contribution >= 0.6 is 8.03 Å². The molecule has 2 unspecified atom stereocenters. The number of ether oxygens (including phenoxy) is 2. The summed E-state index contributed by atoms with van der Waals surface area (Å²) < 4.78 is 37.1. The van der Waals surface area contributed by atoms with Crippen molar-refractivity contribution in [3.05, 3.63) is 59.4 Å². The zero-order chi connectivity index (χ0) is 21.8. The molecule has 0 heterocycles. The minimum absolute atomic E-state index is 0.144. The molecule has 2 aliphatic carbocycles. The van der Waals surface area contributed by atoms with Gasteiger partial charge >= 0.3 is 8.03 Å². The molecule has 4 nitrogen and oxygen atoms in total. The number of hydrogen-bond donors (Lipinski definition) is 1. The van der Waals surface area contributed by atoms with Gasteiger partial charge in [0, 0.05) is 5.92 Å². The van der Waals surface area contributed by atoms with Gasteiger partial charge < -0.3 is 9.47 Å². The molecule has 6 heteroatoms. The Kier molecular flexibility index (Phi) is 7.24. The number of halogens is 1. The SMILES string of the molecule is COc1ccc(F)c(C2CCC(COc3cccc(C(C[P+](=O)O)C4CC4)c3)CC2)c1.